The zero-order chi connectivity index (χ0) is 15.7. The Bertz CT molecular complexity index is 827. The molecule has 1 aliphatic rings. The molecule has 2 heteroatoms. The van der Waals surface area contributed by atoms with E-state index in [0.29, 0.717) is 0 Å². The summed E-state index contributed by atoms with van der Waals surface area (Å²) < 4.78 is 0. The fourth-order valence-corrected chi connectivity index (χ4v) is 3.06. The maximum Gasteiger partial charge on any atom is 0.159 e. The van der Waals surface area contributed by atoms with Crippen LogP contribution in [0.3, 0.4) is 0 Å². The zero-order valence-corrected chi connectivity index (χ0v) is 13.0. The van der Waals surface area contributed by atoms with Gasteiger partial charge in [-0.25, -0.2) is 0 Å². The molecule has 1 N–H and O–H groups in total. The van der Waals surface area contributed by atoms with Crippen molar-refractivity contribution in [2.45, 2.75) is 32.8 Å². The third kappa shape index (κ3) is 2.62. The predicted octanol–water partition coefficient (Wildman–Crippen LogP) is 2.96. The number of hydrogen-bond donors (Lipinski definition) is 1. The standard InChI is InChI=1S/C20H20O2/c1-13(21)15-7-9-16(10-8-15)18-12-11-17(14(2)22)19-5-3-4-6-20(18)19/h5-12,14,22H,3-4H2,1-2H3. The maximum absolute atomic E-state index is 11.4. The number of aliphatic hydroxyl groups excluding tert-OH is 1. The fourth-order valence-electron chi connectivity index (χ4n) is 3.06. The lowest BCUT2D eigenvalue weighted by molar-refractivity contribution is 0.101. The number of Topliss-reactive ketones (excluding diaryl/α,β-unsaturated/α-hetero) is 1. The second-order valence-electron chi connectivity index (χ2n) is 5.82. The molecule has 0 amide bonds. The number of fused-ring (bicyclic) bond motifs is 1. The molecular weight excluding hydrogens is 272 g/mol. The van der Waals surface area contributed by atoms with Gasteiger partial charge in [-0.05, 0) is 53.8 Å². The summed E-state index contributed by atoms with van der Waals surface area (Å²) in [4.78, 5) is 11.4. The minimum atomic E-state index is -0.467. The van der Waals surface area contributed by atoms with Gasteiger partial charge >= 0.3 is 0 Å². The van der Waals surface area contributed by atoms with Crippen molar-refractivity contribution in [3.8, 4) is 11.1 Å². The molecule has 2 aromatic rings. The van der Waals surface area contributed by atoms with Crippen molar-refractivity contribution in [3.63, 3.8) is 0 Å². The first kappa shape index (κ1) is 14.7. The molecule has 0 spiro atoms. The van der Waals surface area contributed by atoms with Crippen molar-refractivity contribution in [2.24, 2.45) is 0 Å². The van der Waals surface area contributed by atoms with Gasteiger partial charge in [0.25, 0.3) is 0 Å². The van der Waals surface area contributed by atoms with E-state index in [9.17, 15) is 9.90 Å². The van der Waals surface area contributed by atoms with Crippen LogP contribution in [0.1, 0.15) is 48.7 Å². The number of rotatable bonds is 3. The molecule has 1 atom stereocenters. The van der Waals surface area contributed by atoms with Crippen LogP contribution in [0.2, 0.25) is 0 Å². The van der Waals surface area contributed by atoms with Crippen LogP contribution in [-0.4, -0.2) is 10.9 Å². The molecule has 0 aromatic heterocycles. The van der Waals surface area contributed by atoms with Crippen molar-refractivity contribution >= 4 is 17.9 Å². The molecular formula is C20H20O2. The van der Waals surface area contributed by atoms with E-state index in [1.165, 1.54) is 5.22 Å². The lowest BCUT2D eigenvalue weighted by Gasteiger charge is -2.13. The van der Waals surface area contributed by atoms with Crippen LogP contribution >= 0.6 is 0 Å². The monoisotopic (exact) mass is 292 g/mol. The van der Waals surface area contributed by atoms with E-state index in [2.05, 4.69) is 18.2 Å². The Labute approximate surface area is 130 Å². The van der Waals surface area contributed by atoms with Crippen molar-refractivity contribution in [3.05, 3.63) is 58.0 Å². The lowest BCUT2D eigenvalue weighted by atomic mass is 9.93. The second kappa shape index (κ2) is 5.90. The molecule has 2 aromatic carbocycles. The predicted molar refractivity (Wildman–Crippen MR) is 89.9 cm³/mol. The summed E-state index contributed by atoms with van der Waals surface area (Å²) >= 11 is 0. The fraction of sp³-hybridized carbons (Fsp3) is 0.250. The maximum atomic E-state index is 11.4. The second-order valence-corrected chi connectivity index (χ2v) is 5.82. The first-order chi connectivity index (χ1) is 10.6. The van der Waals surface area contributed by atoms with Gasteiger partial charge in [-0.15, -0.1) is 0 Å². The quantitative estimate of drug-likeness (QED) is 0.883. The van der Waals surface area contributed by atoms with Gasteiger partial charge in [0.05, 0.1) is 6.10 Å². The minimum Gasteiger partial charge on any atom is -0.389 e. The van der Waals surface area contributed by atoms with Crippen LogP contribution in [0.5, 0.6) is 0 Å². The third-order valence-electron chi connectivity index (χ3n) is 4.24. The van der Waals surface area contributed by atoms with Gasteiger partial charge in [0, 0.05) is 5.56 Å². The lowest BCUT2D eigenvalue weighted by Crippen LogP contribution is -2.33. The SMILES string of the molecule is CC(=O)c1ccc(-c2ccc(C(C)O)c3c2=CCCC=3)cc1. The Kier molecular flexibility index (Phi) is 3.95. The Hall–Kier alpha value is -2.19. The number of benzene rings is 2. The Morgan fingerprint density at radius 3 is 2.23 bits per heavy atom. The van der Waals surface area contributed by atoms with E-state index in [-0.39, 0.29) is 5.78 Å². The third-order valence-corrected chi connectivity index (χ3v) is 4.24. The van der Waals surface area contributed by atoms with E-state index >= 15 is 0 Å². The normalized spacial score (nSPS) is 14.5. The highest BCUT2D eigenvalue weighted by atomic mass is 16.3. The number of ketones is 1. The molecule has 0 fully saturated rings. The van der Waals surface area contributed by atoms with Crippen LogP contribution in [0.4, 0.5) is 0 Å². The zero-order valence-electron chi connectivity index (χ0n) is 13.0. The van der Waals surface area contributed by atoms with Crippen LogP contribution in [-0.2, 0) is 0 Å². The van der Waals surface area contributed by atoms with E-state index in [4.69, 9.17) is 0 Å². The minimum absolute atomic E-state index is 0.0814. The summed E-state index contributed by atoms with van der Waals surface area (Å²) in [6.45, 7) is 3.39. The molecule has 1 aliphatic carbocycles. The molecule has 0 aliphatic heterocycles. The van der Waals surface area contributed by atoms with Crippen molar-refractivity contribution in [1.82, 2.24) is 0 Å². The number of aliphatic hydroxyl groups is 1. The van der Waals surface area contributed by atoms with E-state index in [1.807, 2.05) is 30.3 Å². The average molecular weight is 292 g/mol. The molecule has 0 saturated carbocycles. The smallest absolute Gasteiger partial charge is 0.159 e. The van der Waals surface area contributed by atoms with E-state index < -0.39 is 6.10 Å². The first-order valence-electron chi connectivity index (χ1n) is 7.70. The Morgan fingerprint density at radius 1 is 1.00 bits per heavy atom. The first-order valence-corrected chi connectivity index (χ1v) is 7.70. The average Bonchev–Trinajstić information content (AvgIpc) is 2.53. The molecule has 1 unspecified atom stereocenters. The summed E-state index contributed by atoms with van der Waals surface area (Å²) in [6, 6.07) is 11.8. The van der Waals surface area contributed by atoms with E-state index in [1.54, 1.807) is 13.8 Å². The number of carbonyl (C=O) groups excluding carboxylic acids is 1. The van der Waals surface area contributed by atoms with Gasteiger partial charge in [0.1, 0.15) is 0 Å². The molecule has 2 nitrogen and oxygen atoms in total. The van der Waals surface area contributed by atoms with Crippen molar-refractivity contribution in [2.75, 3.05) is 0 Å². The van der Waals surface area contributed by atoms with Gasteiger partial charge in [0.15, 0.2) is 5.78 Å². The molecule has 112 valence electrons. The van der Waals surface area contributed by atoms with Crippen LogP contribution in [0.25, 0.3) is 23.3 Å². The highest BCUT2D eigenvalue weighted by Gasteiger charge is 2.10. The summed E-state index contributed by atoms with van der Waals surface area (Å²) in [5.41, 5.74) is 3.97. The summed E-state index contributed by atoms with van der Waals surface area (Å²) in [7, 11) is 0. The number of carbonyl (C=O) groups is 1. The largest absolute Gasteiger partial charge is 0.389 e. The van der Waals surface area contributed by atoms with Crippen molar-refractivity contribution < 1.29 is 9.90 Å². The molecule has 0 radical (unpaired) electrons. The van der Waals surface area contributed by atoms with E-state index in [0.717, 1.165) is 40.3 Å². The van der Waals surface area contributed by atoms with Crippen molar-refractivity contribution in [1.29, 1.82) is 0 Å². The highest BCUT2D eigenvalue weighted by molar-refractivity contribution is 5.94. The van der Waals surface area contributed by atoms with Gasteiger partial charge in [-0.3, -0.25) is 4.79 Å². The van der Waals surface area contributed by atoms with Crippen LogP contribution < -0.4 is 10.4 Å². The summed E-state index contributed by atoms with van der Waals surface area (Å²) in [5.74, 6) is 0.0814. The van der Waals surface area contributed by atoms with Crippen LogP contribution in [0, 0.1) is 0 Å². The van der Waals surface area contributed by atoms with Gasteiger partial charge in [-0.2, -0.15) is 0 Å². The van der Waals surface area contributed by atoms with Gasteiger partial charge in [-0.1, -0.05) is 48.6 Å². The molecule has 0 heterocycles. The highest BCUT2D eigenvalue weighted by Crippen LogP contribution is 2.19. The molecule has 0 saturated heterocycles. The topological polar surface area (TPSA) is 37.3 Å². The molecule has 0 bridgehead atoms. The molecule has 3 rings (SSSR count). The summed E-state index contributed by atoms with van der Waals surface area (Å²) in [6.07, 6.45) is 6.03. The van der Waals surface area contributed by atoms with Gasteiger partial charge < -0.3 is 5.11 Å². The Morgan fingerprint density at radius 2 is 1.64 bits per heavy atom. The van der Waals surface area contributed by atoms with Gasteiger partial charge in [0.2, 0.25) is 0 Å². The molecule has 22 heavy (non-hydrogen) atoms. The summed E-state index contributed by atoms with van der Waals surface area (Å²) in [5, 5.41) is 12.3. The Balaban J connectivity index is 2.19. The number of hydrogen-bond acceptors (Lipinski definition) is 2. The van der Waals surface area contributed by atoms with Crippen LogP contribution in [0.15, 0.2) is 36.4 Å².